The molecule has 5 heteroatoms. The van der Waals surface area contributed by atoms with E-state index in [1.807, 2.05) is 0 Å². The van der Waals surface area contributed by atoms with Crippen molar-refractivity contribution in [1.82, 2.24) is 0 Å². The number of nitrogens with two attached hydrogens (primary N) is 1. The third kappa shape index (κ3) is 12.7. The Morgan fingerprint density at radius 3 is 1.82 bits per heavy atom. The zero-order valence-electron chi connectivity index (χ0n) is 6.82. The van der Waals surface area contributed by atoms with E-state index in [0.29, 0.717) is 6.54 Å². The number of rotatable bonds is 2. The van der Waals surface area contributed by atoms with Crippen LogP contribution in [0, 0.1) is 0 Å². The molecule has 0 saturated carbocycles. The highest BCUT2D eigenvalue weighted by Crippen LogP contribution is 1.91. The van der Waals surface area contributed by atoms with Crippen LogP contribution in [0.15, 0.2) is 12.7 Å². The first-order valence-electron chi connectivity index (χ1n) is 3.13. The topological polar surface area (TPSA) is 80.4 Å². The minimum absolute atomic E-state index is 0.583. The molecule has 0 radical (unpaired) electrons. The average molecular weight is 181 g/mol. The Labute approximate surface area is 67.8 Å². The molecule has 68 valence electrons. The molecule has 0 amide bonds. The van der Waals surface area contributed by atoms with Gasteiger partial charge in [-0.3, -0.25) is 4.55 Å². The van der Waals surface area contributed by atoms with Crippen molar-refractivity contribution in [3.05, 3.63) is 12.7 Å². The van der Waals surface area contributed by atoms with Crippen LogP contribution in [-0.2, 0) is 10.1 Å². The molecule has 0 aliphatic carbocycles. The molecule has 0 rings (SSSR count). The second kappa shape index (κ2) is 6.33. The Bertz CT molecular complexity index is 184. The molecular weight excluding hydrogens is 166 g/mol. The molecule has 0 spiro atoms. The molecule has 0 fully saturated rings. The quantitative estimate of drug-likeness (QED) is 0.477. The summed E-state index contributed by atoms with van der Waals surface area (Å²) in [4.78, 5) is 0. The lowest BCUT2D eigenvalue weighted by Gasteiger charge is -1.94. The molecule has 0 aliphatic heterocycles. The second-order valence-electron chi connectivity index (χ2n) is 2.09. The van der Waals surface area contributed by atoms with E-state index < -0.39 is 15.4 Å². The van der Waals surface area contributed by atoms with Gasteiger partial charge in [0.1, 0.15) is 0 Å². The van der Waals surface area contributed by atoms with Gasteiger partial charge >= 0.3 is 0 Å². The third-order valence-corrected chi connectivity index (χ3v) is 1.95. The van der Waals surface area contributed by atoms with Crippen molar-refractivity contribution < 1.29 is 13.0 Å². The fourth-order valence-corrected chi connectivity index (χ4v) is 0. The molecular formula is C6H15NO3S. The molecule has 0 unspecified atom stereocenters. The van der Waals surface area contributed by atoms with Crippen molar-refractivity contribution in [2.45, 2.75) is 19.1 Å². The SMILES string of the molecule is C=CCN.CC(C)S(=O)(=O)O. The second-order valence-corrected chi connectivity index (χ2v) is 4.06. The predicted molar refractivity (Wildman–Crippen MR) is 45.9 cm³/mol. The van der Waals surface area contributed by atoms with Gasteiger partial charge in [-0.15, -0.1) is 6.58 Å². The molecule has 0 aliphatic rings. The molecule has 0 saturated heterocycles. The molecule has 0 atom stereocenters. The summed E-state index contributed by atoms with van der Waals surface area (Å²) in [6.07, 6.45) is 1.65. The first kappa shape index (κ1) is 13.2. The normalized spacial score (nSPS) is 10.3. The van der Waals surface area contributed by atoms with E-state index in [9.17, 15) is 8.42 Å². The van der Waals surface area contributed by atoms with Gasteiger partial charge in [-0.25, -0.2) is 0 Å². The molecule has 3 N–H and O–H groups in total. The highest BCUT2D eigenvalue weighted by Gasteiger charge is 2.08. The van der Waals surface area contributed by atoms with Crippen molar-refractivity contribution in [3.63, 3.8) is 0 Å². The minimum Gasteiger partial charge on any atom is -0.327 e. The summed E-state index contributed by atoms with van der Waals surface area (Å²) in [5.41, 5.74) is 4.91. The van der Waals surface area contributed by atoms with Crippen molar-refractivity contribution in [2.75, 3.05) is 6.54 Å². The Balaban J connectivity index is 0. The van der Waals surface area contributed by atoms with Crippen molar-refractivity contribution in [2.24, 2.45) is 5.73 Å². The maximum atomic E-state index is 9.89. The molecule has 0 aromatic carbocycles. The van der Waals surface area contributed by atoms with E-state index in [1.54, 1.807) is 6.08 Å². The summed E-state index contributed by atoms with van der Waals surface area (Å²) in [7, 11) is -3.74. The van der Waals surface area contributed by atoms with Crippen LogP contribution in [-0.4, -0.2) is 24.8 Å². The molecule has 0 aromatic heterocycles. The minimum atomic E-state index is -3.74. The highest BCUT2D eigenvalue weighted by molar-refractivity contribution is 7.86. The zero-order chi connectivity index (χ0) is 9.49. The van der Waals surface area contributed by atoms with Gasteiger partial charge < -0.3 is 5.73 Å². The van der Waals surface area contributed by atoms with E-state index in [0.717, 1.165) is 0 Å². The maximum Gasteiger partial charge on any atom is 0.267 e. The van der Waals surface area contributed by atoms with Crippen LogP contribution in [0.3, 0.4) is 0 Å². The Hall–Kier alpha value is -0.390. The lowest BCUT2D eigenvalue weighted by molar-refractivity contribution is 0.473. The lowest BCUT2D eigenvalue weighted by atomic mass is 10.6. The van der Waals surface area contributed by atoms with Crippen LogP contribution in [0.1, 0.15) is 13.8 Å². The predicted octanol–water partition coefficient (Wildman–Crippen LogP) is 0.414. The van der Waals surface area contributed by atoms with Crippen molar-refractivity contribution in [3.8, 4) is 0 Å². The van der Waals surface area contributed by atoms with E-state index in [1.165, 1.54) is 13.8 Å². The molecule has 11 heavy (non-hydrogen) atoms. The van der Waals surface area contributed by atoms with Crippen LogP contribution in [0.2, 0.25) is 0 Å². The van der Waals surface area contributed by atoms with Crippen LogP contribution in [0.5, 0.6) is 0 Å². The van der Waals surface area contributed by atoms with E-state index in [2.05, 4.69) is 6.58 Å². The fourth-order valence-electron chi connectivity index (χ4n) is 0. The summed E-state index contributed by atoms with van der Waals surface area (Å²) in [6, 6.07) is 0. The summed E-state index contributed by atoms with van der Waals surface area (Å²) >= 11 is 0. The van der Waals surface area contributed by atoms with Crippen molar-refractivity contribution >= 4 is 10.1 Å². The van der Waals surface area contributed by atoms with Crippen LogP contribution >= 0.6 is 0 Å². The van der Waals surface area contributed by atoms with Gasteiger partial charge in [-0.1, -0.05) is 6.08 Å². The maximum absolute atomic E-state index is 9.89. The molecule has 4 nitrogen and oxygen atoms in total. The first-order chi connectivity index (χ1) is 4.86. The van der Waals surface area contributed by atoms with Crippen LogP contribution in [0.4, 0.5) is 0 Å². The molecule has 0 aromatic rings. The standard InChI is InChI=1S/C3H7N.C3H8O3S/c1-2-3-4;1-3(2)7(4,5)6/h2H,1,3-4H2;3H,1-2H3,(H,4,5,6). The zero-order valence-corrected chi connectivity index (χ0v) is 7.63. The summed E-state index contributed by atoms with van der Waals surface area (Å²) in [5, 5.41) is -0.674. The van der Waals surface area contributed by atoms with Gasteiger partial charge in [0, 0.05) is 6.54 Å². The smallest absolute Gasteiger partial charge is 0.267 e. The van der Waals surface area contributed by atoms with Gasteiger partial charge in [0.2, 0.25) is 0 Å². The number of hydrogen-bond donors (Lipinski definition) is 2. The monoisotopic (exact) mass is 181 g/mol. The lowest BCUT2D eigenvalue weighted by Crippen LogP contribution is -2.10. The summed E-state index contributed by atoms with van der Waals surface area (Å²) in [6.45, 7) is 6.76. The van der Waals surface area contributed by atoms with E-state index >= 15 is 0 Å². The molecule has 0 heterocycles. The largest absolute Gasteiger partial charge is 0.327 e. The van der Waals surface area contributed by atoms with Crippen LogP contribution in [0.25, 0.3) is 0 Å². The number of hydrogen-bond acceptors (Lipinski definition) is 3. The fraction of sp³-hybridized carbons (Fsp3) is 0.667. The van der Waals surface area contributed by atoms with Gasteiger partial charge in [-0.2, -0.15) is 8.42 Å². The van der Waals surface area contributed by atoms with Gasteiger partial charge in [0.25, 0.3) is 10.1 Å². The highest BCUT2D eigenvalue weighted by atomic mass is 32.2. The van der Waals surface area contributed by atoms with Gasteiger partial charge in [-0.05, 0) is 13.8 Å². The van der Waals surface area contributed by atoms with Crippen LogP contribution < -0.4 is 5.73 Å². The van der Waals surface area contributed by atoms with E-state index in [-0.39, 0.29) is 0 Å². The van der Waals surface area contributed by atoms with Crippen molar-refractivity contribution in [1.29, 1.82) is 0 Å². The Kier molecular flexibility index (Phi) is 7.60. The molecule has 0 bridgehead atoms. The third-order valence-electron chi connectivity index (χ3n) is 0.762. The van der Waals surface area contributed by atoms with Gasteiger partial charge in [0.15, 0.2) is 0 Å². The van der Waals surface area contributed by atoms with E-state index in [4.69, 9.17) is 10.3 Å². The Morgan fingerprint density at radius 2 is 1.82 bits per heavy atom. The van der Waals surface area contributed by atoms with Gasteiger partial charge in [0.05, 0.1) is 5.25 Å². The summed E-state index contributed by atoms with van der Waals surface area (Å²) in [5.74, 6) is 0. The summed E-state index contributed by atoms with van der Waals surface area (Å²) < 4.78 is 27.8. The first-order valence-corrected chi connectivity index (χ1v) is 4.63. The average Bonchev–Trinajstić information content (AvgIpc) is 1.87. The Morgan fingerprint density at radius 1 is 1.64 bits per heavy atom.